The molecule has 194 valence electrons. The number of halogens is 1. The number of amides is 1. The summed E-state index contributed by atoms with van der Waals surface area (Å²) >= 11 is 6.40. The maximum atomic E-state index is 13.7. The fourth-order valence-corrected chi connectivity index (χ4v) is 5.00. The van der Waals surface area contributed by atoms with Crippen molar-refractivity contribution in [1.29, 1.82) is 0 Å². The second-order valence-electron chi connectivity index (χ2n) is 9.76. The zero-order valence-corrected chi connectivity index (χ0v) is 22.8. The van der Waals surface area contributed by atoms with Crippen LogP contribution in [-0.4, -0.2) is 13.0 Å². The van der Waals surface area contributed by atoms with E-state index in [1.807, 2.05) is 91.9 Å². The molecule has 0 radical (unpaired) electrons. The lowest BCUT2D eigenvalue weighted by Crippen LogP contribution is -2.43. The van der Waals surface area contributed by atoms with Crippen LogP contribution < -0.4 is 19.7 Å². The third-order valence-corrected chi connectivity index (χ3v) is 7.28. The van der Waals surface area contributed by atoms with Crippen LogP contribution in [-0.2, 0) is 6.61 Å². The van der Waals surface area contributed by atoms with Gasteiger partial charge in [0.15, 0.2) is 0 Å². The Morgan fingerprint density at radius 2 is 1.68 bits per heavy atom. The van der Waals surface area contributed by atoms with Crippen LogP contribution in [0.5, 0.6) is 11.5 Å². The van der Waals surface area contributed by atoms with E-state index >= 15 is 0 Å². The number of benzene rings is 4. The molecule has 0 saturated heterocycles. The summed E-state index contributed by atoms with van der Waals surface area (Å²) in [5.74, 6) is 1.73. The number of fused-ring (bicyclic) bond motifs is 1. The topological polar surface area (TPSA) is 50.8 Å². The molecule has 0 saturated carbocycles. The van der Waals surface area contributed by atoms with Gasteiger partial charge in [-0.3, -0.25) is 9.69 Å². The number of rotatable bonds is 7. The van der Waals surface area contributed by atoms with Gasteiger partial charge in [-0.15, -0.1) is 0 Å². The van der Waals surface area contributed by atoms with Gasteiger partial charge in [0.25, 0.3) is 5.91 Å². The minimum Gasteiger partial charge on any atom is -0.496 e. The van der Waals surface area contributed by atoms with Crippen molar-refractivity contribution in [3.63, 3.8) is 0 Å². The molecule has 1 N–H and O–H groups in total. The van der Waals surface area contributed by atoms with E-state index in [0.717, 1.165) is 50.2 Å². The molecule has 1 heterocycles. The summed E-state index contributed by atoms with van der Waals surface area (Å²) in [5, 5.41) is 4.31. The molecular formula is C32H31ClN2O3. The lowest BCUT2D eigenvalue weighted by Gasteiger charge is -2.38. The van der Waals surface area contributed by atoms with E-state index in [2.05, 4.69) is 19.2 Å². The molecular weight excluding hydrogens is 496 g/mol. The Kier molecular flexibility index (Phi) is 7.30. The van der Waals surface area contributed by atoms with Crippen molar-refractivity contribution >= 4 is 28.9 Å². The van der Waals surface area contributed by atoms with Crippen molar-refractivity contribution in [2.24, 2.45) is 0 Å². The van der Waals surface area contributed by atoms with E-state index in [1.54, 1.807) is 12.0 Å². The van der Waals surface area contributed by atoms with E-state index in [1.165, 1.54) is 0 Å². The Balaban J connectivity index is 1.52. The van der Waals surface area contributed by atoms with Crippen molar-refractivity contribution in [3.05, 3.63) is 118 Å². The van der Waals surface area contributed by atoms with Gasteiger partial charge in [-0.05, 0) is 78.1 Å². The third kappa shape index (κ3) is 4.94. The average Bonchev–Trinajstić information content (AvgIpc) is 2.93. The Labute approximate surface area is 229 Å². The largest absolute Gasteiger partial charge is 0.496 e. The van der Waals surface area contributed by atoms with E-state index in [0.29, 0.717) is 12.2 Å². The summed E-state index contributed by atoms with van der Waals surface area (Å²) in [4.78, 5) is 15.5. The fraction of sp³-hybridized carbons (Fsp3) is 0.219. The highest BCUT2D eigenvalue weighted by Crippen LogP contribution is 2.38. The molecule has 6 heteroatoms. The molecule has 1 amide bonds. The first kappa shape index (κ1) is 25.7. The zero-order valence-electron chi connectivity index (χ0n) is 22.0. The molecule has 0 aromatic heterocycles. The minimum absolute atomic E-state index is 0.0533. The first-order valence-electron chi connectivity index (χ1n) is 12.7. The van der Waals surface area contributed by atoms with Crippen molar-refractivity contribution in [3.8, 4) is 11.5 Å². The number of carbonyl (C=O) groups excluding carboxylic acids is 1. The van der Waals surface area contributed by atoms with Crippen LogP contribution in [0, 0.1) is 6.92 Å². The summed E-state index contributed by atoms with van der Waals surface area (Å²) in [6.07, 6.45) is -0.409. The van der Waals surface area contributed by atoms with Gasteiger partial charge in [-0.25, -0.2) is 0 Å². The standard InChI is InChI=1S/C32H31ClN2O3/c1-20(2)26-18-27(33)21(3)16-30(26)38-19-23-17-22(14-15-29(23)37-4)31-34-28-13-9-8-12-25(28)32(36)35(31)24-10-6-5-7-11-24/h5-18,20,31,34H,19H2,1-4H3/t31-/m0/s1. The number of hydrogen-bond acceptors (Lipinski definition) is 4. The number of methoxy groups -OCH3 is 1. The Morgan fingerprint density at radius 3 is 2.42 bits per heavy atom. The predicted molar refractivity (Wildman–Crippen MR) is 154 cm³/mol. The number of hydrogen-bond donors (Lipinski definition) is 1. The maximum absolute atomic E-state index is 13.7. The minimum atomic E-state index is -0.409. The summed E-state index contributed by atoms with van der Waals surface area (Å²) in [7, 11) is 1.65. The lowest BCUT2D eigenvalue weighted by molar-refractivity contribution is 0.0975. The number of nitrogens with one attached hydrogen (secondary N) is 1. The van der Waals surface area contributed by atoms with Gasteiger partial charge < -0.3 is 14.8 Å². The number of aryl methyl sites for hydroxylation is 1. The van der Waals surface area contributed by atoms with Gasteiger partial charge in [-0.1, -0.05) is 61.8 Å². The number of carbonyl (C=O) groups is 1. The molecule has 0 fully saturated rings. The quantitative estimate of drug-likeness (QED) is 0.264. The van der Waals surface area contributed by atoms with Crippen LogP contribution in [0.2, 0.25) is 5.02 Å². The highest BCUT2D eigenvalue weighted by molar-refractivity contribution is 6.31. The molecule has 1 aliphatic rings. The van der Waals surface area contributed by atoms with Crippen molar-refractivity contribution in [1.82, 2.24) is 0 Å². The van der Waals surface area contributed by atoms with E-state index in [4.69, 9.17) is 21.1 Å². The first-order chi connectivity index (χ1) is 18.4. The Bertz CT molecular complexity index is 1470. The zero-order chi connectivity index (χ0) is 26.8. The molecule has 1 atom stereocenters. The summed E-state index contributed by atoms with van der Waals surface area (Å²) in [6.45, 7) is 6.52. The smallest absolute Gasteiger partial charge is 0.262 e. The fourth-order valence-electron chi connectivity index (χ4n) is 4.83. The van der Waals surface area contributed by atoms with Gasteiger partial charge in [0, 0.05) is 22.0 Å². The highest BCUT2D eigenvalue weighted by Gasteiger charge is 2.34. The van der Waals surface area contributed by atoms with Gasteiger partial charge in [0.05, 0.1) is 12.7 Å². The molecule has 5 nitrogen and oxygen atoms in total. The second-order valence-corrected chi connectivity index (χ2v) is 10.2. The molecule has 0 spiro atoms. The van der Waals surface area contributed by atoms with Crippen molar-refractivity contribution < 1.29 is 14.3 Å². The third-order valence-electron chi connectivity index (χ3n) is 6.88. The van der Waals surface area contributed by atoms with Crippen LogP contribution in [0.1, 0.15) is 58.5 Å². The SMILES string of the molecule is COc1ccc([C@H]2Nc3ccccc3C(=O)N2c2ccccc2)cc1COc1cc(C)c(Cl)cc1C(C)C. The maximum Gasteiger partial charge on any atom is 0.262 e. The Morgan fingerprint density at radius 1 is 0.947 bits per heavy atom. The lowest BCUT2D eigenvalue weighted by atomic mass is 10.00. The predicted octanol–water partition coefficient (Wildman–Crippen LogP) is 8.13. The van der Waals surface area contributed by atoms with Gasteiger partial charge in [0.2, 0.25) is 0 Å². The second kappa shape index (κ2) is 10.8. The normalized spacial score (nSPS) is 14.7. The van der Waals surface area contributed by atoms with Crippen LogP contribution in [0.3, 0.4) is 0 Å². The summed E-state index contributed by atoms with van der Waals surface area (Å²) in [5.41, 5.74) is 6.10. The van der Waals surface area contributed by atoms with Gasteiger partial charge in [-0.2, -0.15) is 0 Å². The molecule has 0 bridgehead atoms. The molecule has 0 unspecified atom stereocenters. The molecule has 0 aliphatic carbocycles. The van der Waals surface area contributed by atoms with Crippen molar-refractivity contribution in [2.45, 2.75) is 39.5 Å². The molecule has 4 aromatic carbocycles. The van der Waals surface area contributed by atoms with Crippen LogP contribution in [0.4, 0.5) is 11.4 Å². The number of anilines is 2. The molecule has 1 aliphatic heterocycles. The van der Waals surface area contributed by atoms with Crippen LogP contribution in [0.25, 0.3) is 0 Å². The number of para-hydroxylation sites is 2. The first-order valence-corrected chi connectivity index (χ1v) is 13.1. The Hall–Kier alpha value is -3.96. The van der Waals surface area contributed by atoms with E-state index in [-0.39, 0.29) is 11.8 Å². The number of nitrogens with zero attached hydrogens (tertiary/aromatic N) is 1. The average molecular weight is 527 g/mol. The van der Waals surface area contributed by atoms with Crippen LogP contribution in [0.15, 0.2) is 84.9 Å². The van der Waals surface area contributed by atoms with E-state index < -0.39 is 6.17 Å². The van der Waals surface area contributed by atoms with Crippen molar-refractivity contribution in [2.75, 3.05) is 17.3 Å². The summed E-state index contributed by atoms with van der Waals surface area (Å²) in [6, 6.07) is 27.3. The van der Waals surface area contributed by atoms with E-state index in [9.17, 15) is 4.79 Å². The highest BCUT2D eigenvalue weighted by atomic mass is 35.5. The molecule has 4 aromatic rings. The number of ether oxygens (including phenoxy) is 2. The van der Waals surface area contributed by atoms with Gasteiger partial charge in [0.1, 0.15) is 24.3 Å². The molecule has 38 heavy (non-hydrogen) atoms. The van der Waals surface area contributed by atoms with Crippen LogP contribution >= 0.6 is 11.6 Å². The summed E-state index contributed by atoms with van der Waals surface area (Å²) < 4.78 is 12.0. The molecule has 5 rings (SSSR count). The monoisotopic (exact) mass is 526 g/mol. The van der Waals surface area contributed by atoms with Gasteiger partial charge >= 0.3 is 0 Å².